The number of piperazine rings is 1. The van der Waals surface area contributed by atoms with Crippen LogP contribution < -0.4 is 4.72 Å². The number of likely N-dealkylation sites (N-methyl/N-ethyl adjacent to an activating group) is 1. The molecule has 0 spiro atoms. The van der Waals surface area contributed by atoms with Crippen LogP contribution >= 0.6 is 0 Å². The van der Waals surface area contributed by atoms with Gasteiger partial charge in [0.1, 0.15) is 5.82 Å². The molecule has 1 aliphatic rings. The summed E-state index contributed by atoms with van der Waals surface area (Å²) in [5.41, 5.74) is 0.986. The molecule has 1 aromatic rings. The number of benzene rings is 1. The molecular weight excluding hydrogens is 305 g/mol. The van der Waals surface area contributed by atoms with Crippen molar-refractivity contribution in [2.24, 2.45) is 0 Å². The van der Waals surface area contributed by atoms with Crippen LogP contribution in [0.15, 0.2) is 18.2 Å². The first kappa shape index (κ1) is 17.3. The van der Waals surface area contributed by atoms with Crippen LogP contribution in [0.25, 0.3) is 0 Å². The molecule has 2 rings (SSSR count). The summed E-state index contributed by atoms with van der Waals surface area (Å²) in [6.45, 7) is 6.69. The van der Waals surface area contributed by atoms with Crippen LogP contribution in [0, 0.1) is 12.7 Å². The van der Waals surface area contributed by atoms with Gasteiger partial charge in [0.15, 0.2) is 0 Å². The Labute approximate surface area is 132 Å². The normalized spacial score (nSPS) is 17.8. The number of sulfonamides is 1. The van der Waals surface area contributed by atoms with Crippen molar-refractivity contribution < 1.29 is 12.8 Å². The van der Waals surface area contributed by atoms with Crippen LogP contribution in [-0.4, -0.2) is 64.5 Å². The Kier molecular flexibility index (Phi) is 5.91. The number of aryl methyl sites for hydroxylation is 1. The van der Waals surface area contributed by atoms with E-state index in [4.69, 9.17) is 0 Å². The minimum absolute atomic E-state index is 0.188. The predicted octanol–water partition coefficient (Wildman–Crippen LogP) is 0.801. The first-order valence-electron chi connectivity index (χ1n) is 7.49. The second-order valence-corrected chi connectivity index (χ2v) is 7.69. The molecule has 1 heterocycles. The molecular formula is C15H24FN3O2S. The number of hydrogen-bond donors (Lipinski definition) is 1. The highest BCUT2D eigenvalue weighted by molar-refractivity contribution is 7.88. The largest absolute Gasteiger partial charge is 0.304 e. The second-order valence-electron chi connectivity index (χ2n) is 5.88. The summed E-state index contributed by atoms with van der Waals surface area (Å²) < 4.78 is 40.1. The van der Waals surface area contributed by atoms with Crippen molar-refractivity contribution in [3.05, 3.63) is 35.1 Å². The standard InChI is InChI=1S/C15H24FN3O2S/c1-13-3-4-14(11-15(13)16)12-22(20,21)17-5-6-19-9-7-18(2)8-10-19/h3-4,11,17H,5-10,12H2,1-2H3. The zero-order valence-corrected chi connectivity index (χ0v) is 14.0. The fourth-order valence-corrected chi connectivity index (χ4v) is 3.55. The van der Waals surface area contributed by atoms with Crippen LogP contribution in [0.2, 0.25) is 0 Å². The number of nitrogens with zero attached hydrogens (tertiary/aromatic N) is 2. The maximum Gasteiger partial charge on any atom is 0.215 e. The molecule has 1 aromatic carbocycles. The Hall–Kier alpha value is -1.02. The Bertz CT molecular complexity index is 599. The minimum Gasteiger partial charge on any atom is -0.304 e. The van der Waals surface area contributed by atoms with Gasteiger partial charge in [-0.2, -0.15) is 0 Å². The summed E-state index contributed by atoms with van der Waals surface area (Å²) >= 11 is 0. The maximum absolute atomic E-state index is 13.5. The molecule has 0 saturated carbocycles. The van der Waals surface area contributed by atoms with Crippen molar-refractivity contribution in [2.75, 3.05) is 46.3 Å². The average molecular weight is 329 g/mol. The summed E-state index contributed by atoms with van der Waals surface area (Å²) in [6, 6.07) is 4.54. The van der Waals surface area contributed by atoms with Gasteiger partial charge in [0.25, 0.3) is 0 Å². The van der Waals surface area contributed by atoms with Gasteiger partial charge >= 0.3 is 0 Å². The molecule has 22 heavy (non-hydrogen) atoms. The van der Waals surface area contributed by atoms with E-state index < -0.39 is 10.0 Å². The van der Waals surface area contributed by atoms with E-state index in [1.165, 1.54) is 6.07 Å². The fourth-order valence-electron chi connectivity index (χ4n) is 2.43. The highest BCUT2D eigenvalue weighted by atomic mass is 32.2. The third-order valence-corrected chi connectivity index (χ3v) is 5.30. The van der Waals surface area contributed by atoms with Crippen LogP contribution in [0.3, 0.4) is 0 Å². The molecule has 0 amide bonds. The van der Waals surface area contributed by atoms with E-state index in [0.29, 0.717) is 24.2 Å². The van der Waals surface area contributed by atoms with Gasteiger partial charge in [-0.15, -0.1) is 0 Å². The second kappa shape index (κ2) is 7.50. The highest BCUT2D eigenvalue weighted by Crippen LogP contribution is 2.11. The molecule has 7 heteroatoms. The van der Waals surface area contributed by atoms with Crippen molar-refractivity contribution >= 4 is 10.0 Å². The van der Waals surface area contributed by atoms with E-state index >= 15 is 0 Å². The van der Waals surface area contributed by atoms with Crippen LogP contribution in [0.5, 0.6) is 0 Å². The van der Waals surface area contributed by atoms with E-state index in [0.717, 1.165) is 26.2 Å². The van der Waals surface area contributed by atoms with Crippen molar-refractivity contribution in [2.45, 2.75) is 12.7 Å². The lowest BCUT2D eigenvalue weighted by molar-refractivity contribution is 0.156. The topological polar surface area (TPSA) is 52.7 Å². The van der Waals surface area contributed by atoms with Gasteiger partial charge < -0.3 is 4.90 Å². The molecule has 0 atom stereocenters. The fraction of sp³-hybridized carbons (Fsp3) is 0.600. The average Bonchev–Trinajstić information content (AvgIpc) is 2.45. The lowest BCUT2D eigenvalue weighted by Crippen LogP contribution is -2.46. The van der Waals surface area contributed by atoms with Gasteiger partial charge in [-0.1, -0.05) is 12.1 Å². The van der Waals surface area contributed by atoms with E-state index in [-0.39, 0.29) is 11.6 Å². The monoisotopic (exact) mass is 329 g/mol. The highest BCUT2D eigenvalue weighted by Gasteiger charge is 2.16. The molecule has 0 radical (unpaired) electrons. The Morgan fingerprint density at radius 3 is 2.55 bits per heavy atom. The zero-order chi connectivity index (χ0) is 16.2. The predicted molar refractivity (Wildman–Crippen MR) is 85.7 cm³/mol. The van der Waals surface area contributed by atoms with E-state index in [1.807, 2.05) is 0 Å². The summed E-state index contributed by atoms with van der Waals surface area (Å²) in [7, 11) is -1.35. The first-order valence-corrected chi connectivity index (χ1v) is 9.14. The van der Waals surface area contributed by atoms with E-state index in [2.05, 4.69) is 21.6 Å². The molecule has 0 aliphatic carbocycles. The third kappa shape index (κ3) is 5.31. The van der Waals surface area contributed by atoms with Gasteiger partial charge in [0.05, 0.1) is 5.75 Å². The van der Waals surface area contributed by atoms with Crippen molar-refractivity contribution in [1.82, 2.24) is 14.5 Å². The first-order chi connectivity index (χ1) is 10.4. The summed E-state index contributed by atoms with van der Waals surface area (Å²) in [5, 5.41) is 0. The van der Waals surface area contributed by atoms with Gasteiger partial charge in [0, 0.05) is 39.3 Å². The van der Waals surface area contributed by atoms with Crippen molar-refractivity contribution in [3.8, 4) is 0 Å². The lowest BCUT2D eigenvalue weighted by atomic mass is 10.2. The van der Waals surface area contributed by atoms with Crippen LogP contribution in [0.1, 0.15) is 11.1 Å². The van der Waals surface area contributed by atoms with Crippen molar-refractivity contribution in [3.63, 3.8) is 0 Å². The molecule has 0 bridgehead atoms. The third-order valence-electron chi connectivity index (χ3n) is 3.94. The van der Waals surface area contributed by atoms with Gasteiger partial charge in [-0.3, -0.25) is 4.90 Å². The molecule has 1 saturated heterocycles. The van der Waals surface area contributed by atoms with E-state index in [1.54, 1.807) is 19.1 Å². The Morgan fingerprint density at radius 1 is 1.23 bits per heavy atom. The van der Waals surface area contributed by atoms with Crippen LogP contribution in [-0.2, 0) is 15.8 Å². The Morgan fingerprint density at radius 2 is 1.91 bits per heavy atom. The zero-order valence-electron chi connectivity index (χ0n) is 13.2. The molecule has 5 nitrogen and oxygen atoms in total. The number of halogens is 1. The van der Waals surface area contributed by atoms with Gasteiger partial charge in [0.2, 0.25) is 10.0 Å². The lowest BCUT2D eigenvalue weighted by Gasteiger charge is -2.32. The number of rotatable bonds is 6. The number of nitrogens with one attached hydrogen (secondary N) is 1. The van der Waals surface area contributed by atoms with Crippen LogP contribution in [0.4, 0.5) is 4.39 Å². The molecule has 0 aromatic heterocycles. The van der Waals surface area contributed by atoms with Gasteiger partial charge in [-0.25, -0.2) is 17.5 Å². The molecule has 0 unspecified atom stereocenters. The maximum atomic E-state index is 13.5. The summed E-state index contributed by atoms with van der Waals surface area (Å²) in [4.78, 5) is 4.50. The smallest absolute Gasteiger partial charge is 0.215 e. The van der Waals surface area contributed by atoms with Gasteiger partial charge in [-0.05, 0) is 31.2 Å². The Balaban J connectivity index is 1.79. The number of hydrogen-bond acceptors (Lipinski definition) is 4. The molecule has 124 valence electrons. The van der Waals surface area contributed by atoms with Crippen molar-refractivity contribution in [1.29, 1.82) is 0 Å². The molecule has 1 N–H and O–H groups in total. The summed E-state index contributed by atoms with van der Waals surface area (Å²) in [6.07, 6.45) is 0. The summed E-state index contributed by atoms with van der Waals surface area (Å²) in [5.74, 6) is -0.558. The molecule has 1 aliphatic heterocycles. The quantitative estimate of drug-likeness (QED) is 0.839. The minimum atomic E-state index is -3.43. The molecule has 1 fully saturated rings. The SMILES string of the molecule is Cc1ccc(CS(=O)(=O)NCCN2CCN(C)CC2)cc1F. The van der Waals surface area contributed by atoms with E-state index in [9.17, 15) is 12.8 Å².